The summed E-state index contributed by atoms with van der Waals surface area (Å²) in [4.78, 5) is 26.0. The van der Waals surface area contributed by atoms with Crippen LogP contribution in [0.5, 0.6) is 0 Å². The Hall–Kier alpha value is -2.74. The standard InChI is InChI=1S/C21H21NO6/c23-19-21-27-17(18(28-21)20(24)25)16(13-26-12-15-9-5-2-6-10-15)22(19)11-14-7-3-1-4-8-14/h1-10,16-18,21H,11-13H2,(H,24,25)/t16-,17+,18+,21-/m1/s1. The van der Waals surface area contributed by atoms with Crippen LogP contribution in [-0.2, 0) is 37.0 Å². The van der Waals surface area contributed by atoms with Gasteiger partial charge in [0.15, 0.2) is 6.10 Å². The zero-order chi connectivity index (χ0) is 19.5. The number of hydrogen-bond acceptors (Lipinski definition) is 5. The normalized spacial score (nSPS) is 26.4. The van der Waals surface area contributed by atoms with E-state index < -0.39 is 30.5 Å². The molecule has 2 heterocycles. The molecule has 0 aromatic heterocycles. The molecule has 4 atom stereocenters. The molecule has 1 amide bonds. The lowest BCUT2D eigenvalue weighted by molar-refractivity contribution is -0.183. The van der Waals surface area contributed by atoms with Crippen LogP contribution in [0.15, 0.2) is 60.7 Å². The minimum Gasteiger partial charge on any atom is -0.479 e. The topological polar surface area (TPSA) is 85.3 Å². The summed E-state index contributed by atoms with van der Waals surface area (Å²) in [5.74, 6) is -1.52. The van der Waals surface area contributed by atoms with Gasteiger partial charge in [0.05, 0.1) is 19.3 Å². The van der Waals surface area contributed by atoms with Gasteiger partial charge in [-0.1, -0.05) is 60.7 Å². The minimum atomic E-state index is -1.19. The SMILES string of the molecule is O=C(O)[C@H]1O[C@H]2O[C@H]1[C@@H](COCc1ccccc1)N(Cc1ccccc1)C2=O. The highest BCUT2D eigenvalue weighted by molar-refractivity contribution is 5.84. The van der Waals surface area contributed by atoms with Gasteiger partial charge in [0.2, 0.25) is 6.29 Å². The first-order chi connectivity index (χ1) is 13.6. The Morgan fingerprint density at radius 3 is 2.29 bits per heavy atom. The third kappa shape index (κ3) is 3.77. The highest BCUT2D eigenvalue weighted by atomic mass is 16.7. The molecule has 2 aliphatic heterocycles. The highest BCUT2D eigenvalue weighted by Crippen LogP contribution is 2.33. The number of morpholine rings is 1. The van der Waals surface area contributed by atoms with Gasteiger partial charge in [-0.3, -0.25) is 4.79 Å². The molecule has 0 aliphatic carbocycles. The molecule has 2 bridgehead atoms. The first-order valence-electron chi connectivity index (χ1n) is 9.13. The number of hydrogen-bond donors (Lipinski definition) is 1. The number of carbonyl (C=O) groups excluding carboxylic acids is 1. The van der Waals surface area contributed by atoms with Crippen molar-refractivity contribution in [1.29, 1.82) is 0 Å². The summed E-state index contributed by atoms with van der Waals surface area (Å²) in [7, 11) is 0. The van der Waals surface area contributed by atoms with Gasteiger partial charge in [0.25, 0.3) is 5.91 Å². The first-order valence-corrected chi connectivity index (χ1v) is 9.13. The molecule has 0 radical (unpaired) electrons. The number of carbonyl (C=O) groups is 2. The molecule has 4 rings (SSSR count). The zero-order valence-corrected chi connectivity index (χ0v) is 15.1. The van der Waals surface area contributed by atoms with E-state index in [-0.39, 0.29) is 12.5 Å². The second-order valence-electron chi connectivity index (χ2n) is 6.85. The van der Waals surface area contributed by atoms with E-state index in [0.29, 0.717) is 13.2 Å². The Balaban J connectivity index is 1.53. The molecule has 2 aromatic rings. The van der Waals surface area contributed by atoms with E-state index in [9.17, 15) is 14.7 Å². The van der Waals surface area contributed by atoms with Crippen LogP contribution in [0, 0.1) is 0 Å². The zero-order valence-electron chi connectivity index (χ0n) is 15.1. The van der Waals surface area contributed by atoms with E-state index in [2.05, 4.69) is 0 Å². The van der Waals surface area contributed by atoms with E-state index in [1.54, 1.807) is 4.90 Å². The van der Waals surface area contributed by atoms with Crippen LogP contribution in [0.2, 0.25) is 0 Å². The quantitative estimate of drug-likeness (QED) is 0.785. The summed E-state index contributed by atoms with van der Waals surface area (Å²) in [5.41, 5.74) is 1.94. The van der Waals surface area contributed by atoms with Crippen LogP contribution in [0.25, 0.3) is 0 Å². The Bertz CT molecular complexity index is 827. The van der Waals surface area contributed by atoms with Gasteiger partial charge < -0.3 is 24.2 Å². The molecule has 28 heavy (non-hydrogen) atoms. The van der Waals surface area contributed by atoms with Crippen molar-refractivity contribution in [3.05, 3.63) is 71.8 Å². The number of benzene rings is 2. The van der Waals surface area contributed by atoms with Crippen molar-refractivity contribution in [3.63, 3.8) is 0 Å². The van der Waals surface area contributed by atoms with E-state index in [1.807, 2.05) is 60.7 Å². The fourth-order valence-electron chi connectivity index (χ4n) is 3.57. The maximum Gasteiger partial charge on any atom is 0.335 e. The van der Waals surface area contributed by atoms with Crippen LogP contribution in [0.1, 0.15) is 11.1 Å². The summed E-state index contributed by atoms with van der Waals surface area (Å²) < 4.78 is 16.8. The molecule has 2 saturated heterocycles. The number of rotatable bonds is 7. The Labute approximate surface area is 162 Å². The molecular weight excluding hydrogens is 362 g/mol. The van der Waals surface area contributed by atoms with Crippen molar-refractivity contribution in [2.24, 2.45) is 0 Å². The largest absolute Gasteiger partial charge is 0.479 e. The van der Waals surface area contributed by atoms with Gasteiger partial charge in [0, 0.05) is 6.54 Å². The van der Waals surface area contributed by atoms with Crippen LogP contribution in [-0.4, -0.2) is 53.0 Å². The molecule has 0 saturated carbocycles. The lowest BCUT2D eigenvalue weighted by atomic mass is 10.0. The number of carboxylic acids is 1. The highest BCUT2D eigenvalue weighted by Gasteiger charge is 2.55. The van der Waals surface area contributed by atoms with Crippen LogP contribution in [0.3, 0.4) is 0 Å². The van der Waals surface area contributed by atoms with E-state index >= 15 is 0 Å². The fourth-order valence-corrected chi connectivity index (χ4v) is 3.57. The maximum atomic E-state index is 12.8. The third-order valence-corrected chi connectivity index (χ3v) is 4.95. The summed E-state index contributed by atoms with van der Waals surface area (Å²) >= 11 is 0. The van der Waals surface area contributed by atoms with Crippen molar-refractivity contribution in [1.82, 2.24) is 4.90 Å². The predicted octanol–water partition coefficient (Wildman–Crippen LogP) is 1.81. The Morgan fingerprint density at radius 2 is 1.64 bits per heavy atom. The summed E-state index contributed by atoms with van der Waals surface area (Å²) in [6.45, 7) is 0.850. The molecule has 0 unspecified atom stereocenters. The molecule has 0 spiro atoms. The molecule has 2 aliphatic rings. The van der Waals surface area contributed by atoms with Crippen LogP contribution in [0.4, 0.5) is 0 Å². The molecule has 2 aromatic carbocycles. The van der Waals surface area contributed by atoms with Gasteiger partial charge in [-0.25, -0.2) is 4.79 Å². The van der Waals surface area contributed by atoms with Crippen molar-refractivity contribution in [2.75, 3.05) is 6.61 Å². The number of aliphatic carboxylic acids is 1. The summed E-state index contributed by atoms with van der Waals surface area (Å²) in [6, 6.07) is 18.6. The van der Waals surface area contributed by atoms with Crippen molar-refractivity contribution in [2.45, 2.75) is 37.7 Å². The van der Waals surface area contributed by atoms with Crippen molar-refractivity contribution >= 4 is 11.9 Å². The Morgan fingerprint density at radius 1 is 1.00 bits per heavy atom. The van der Waals surface area contributed by atoms with Crippen LogP contribution >= 0.6 is 0 Å². The summed E-state index contributed by atoms with van der Waals surface area (Å²) in [5, 5.41) is 9.47. The minimum absolute atomic E-state index is 0.151. The number of nitrogens with zero attached hydrogens (tertiary/aromatic N) is 1. The lowest BCUT2D eigenvalue weighted by Gasteiger charge is -2.38. The average Bonchev–Trinajstić information content (AvgIpc) is 3.12. The average molecular weight is 383 g/mol. The predicted molar refractivity (Wildman–Crippen MR) is 98.0 cm³/mol. The number of ether oxygens (including phenoxy) is 3. The number of amides is 1. The first kappa shape index (κ1) is 18.6. The lowest BCUT2D eigenvalue weighted by Crippen LogP contribution is -2.58. The van der Waals surface area contributed by atoms with E-state index in [1.165, 1.54) is 0 Å². The molecule has 2 fully saturated rings. The Kier molecular flexibility index (Phi) is 5.38. The molecule has 7 nitrogen and oxygen atoms in total. The number of fused-ring (bicyclic) bond motifs is 2. The fraction of sp³-hybridized carbons (Fsp3) is 0.333. The molecular formula is C21H21NO6. The van der Waals surface area contributed by atoms with Crippen LogP contribution < -0.4 is 0 Å². The molecule has 7 heteroatoms. The van der Waals surface area contributed by atoms with Gasteiger partial charge in [-0.05, 0) is 11.1 Å². The summed E-state index contributed by atoms with van der Waals surface area (Å²) in [6.07, 6.45) is -3.15. The number of carboxylic acid groups (broad SMARTS) is 1. The van der Waals surface area contributed by atoms with Gasteiger partial charge in [-0.15, -0.1) is 0 Å². The third-order valence-electron chi connectivity index (χ3n) is 4.95. The van der Waals surface area contributed by atoms with Crippen molar-refractivity contribution < 1.29 is 28.9 Å². The second-order valence-corrected chi connectivity index (χ2v) is 6.85. The molecule has 146 valence electrons. The smallest absolute Gasteiger partial charge is 0.335 e. The van der Waals surface area contributed by atoms with Gasteiger partial charge in [-0.2, -0.15) is 0 Å². The van der Waals surface area contributed by atoms with Gasteiger partial charge >= 0.3 is 5.97 Å². The van der Waals surface area contributed by atoms with Crippen molar-refractivity contribution in [3.8, 4) is 0 Å². The monoisotopic (exact) mass is 383 g/mol. The molecule has 1 N–H and O–H groups in total. The van der Waals surface area contributed by atoms with Gasteiger partial charge in [0.1, 0.15) is 6.10 Å². The second kappa shape index (κ2) is 8.10. The maximum absolute atomic E-state index is 12.8. The van der Waals surface area contributed by atoms with E-state index in [4.69, 9.17) is 14.2 Å². The van der Waals surface area contributed by atoms with E-state index in [0.717, 1.165) is 11.1 Å².